The van der Waals surface area contributed by atoms with Crippen LogP contribution in [-0.2, 0) is 0 Å². The minimum absolute atomic E-state index is 0.675. The summed E-state index contributed by atoms with van der Waals surface area (Å²) in [6.07, 6.45) is 2.69. The summed E-state index contributed by atoms with van der Waals surface area (Å²) in [5, 5.41) is 0. The maximum absolute atomic E-state index is 2.64. The summed E-state index contributed by atoms with van der Waals surface area (Å²) in [4.78, 5) is 5.25. The average Bonchev–Trinajstić information content (AvgIpc) is 2.11. The van der Waals surface area contributed by atoms with E-state index in [1.54, 1.807) is 0 Å². The third-order valence-electron chi connectivity index (χ3n) is 3.52. The molecule has 1 aliphatic rings. The lowest BCUT2D eigenvalue weighted by Gasteiger charge is -2.45. The zero-order valence-electron chi connectivity index (χ0n) is 11.2. The number of likely N-dealkylation sites (tertiary alicyclic amines) is 1. The molecule has 90 valence electrons. The molecule has 2 nitrogen and oxygen atoms in total. The van der Waals surface area contributed by atoms with Gasteiger partial charge >= 0.3 is 0 Å². The molecule has 0 aromatic carbocycles. The summed E-state index contributed by atoms with van der Waals surface area (Å²) in [5.74, 6) is 0. The van der Waals surface area contributed by atoms with Crippen molar-refractivity contribution in [2.45, 2.75) is 65.6 Å². The first-order valence-corrected chi connectivity index (χ1v) is 6.56. The van der Waals surface area contributed by atoms with Crippen molar-refractivity contribution in [3.8, 4) is 0 Å². The molecule has 2 heteroatoms. The van der Waals surface area contributed by atoms with Gasteiger partial charge in [-0.2, -0.15) is 0 Å². The Hall–Kier alpha value is -0.0800. The minimum atomic E-state index is 0.675. The molecular formula is C13H28N2. The Balaban J connectivity index is 2.38. The van der Waals surface area contributed by atoms with Crippen LogP contribution in [0, 0.1) is 0 Å². The van der Waals surface area contributed by atoms with Crippen molar-refractivity contribution in [3.63, 3.8) is 0 Å². The Bertz CT molecular complexity index is 169. The molecule has 0 saturated carbocycles. The summed E-state index contributed by atoms with van der Waals surface area (Å²) in [6.45, 7) is 15.4. The summed E-state index contributed by atoms with van der Waals surface area (Å²) < 4.78 is 0. The maximum atomic E-state index is 2.64. The quantitative estimate of drug-likeness (QED) is 0.668. The van der Waals surface area contributed by atoms with Crippen LogP contribution < -0.4 is 0 Å². The van der Waals surface area contributed by atoms with E-state index in [4.69, 9.17) is 0 Å². The van der Waals surface area contributed by atoms with Gasteiger partial charge in [-0.3, -0.25) is 9.80 Å². The van der Waals surface area contributed by atoms with Gasteiger partial charge in [0.05, 0.1) is 0 Å². The fraction of sp³-hybridized carbons (Fsp3) is 1.00. The fourth-order valence-electron chi connectivity index (χ4n) is 2.54. The van der Waals surface area contributed by atoms with Crippen molar-refractivity contribution in [1.29, 1.82) is 0 Å². The third-order valence-corrected chi connectivity index (χ3v) is 3.52. The summed E-state index contributed by atoms with van der Waals surface area (Å²) >= 11 is 0. The van der Waals surface area contributed by atoms with E-state index in [1.165, 1.54) is 32.5 Å². The Morgan fingerprint density at radius 1 is 1.20 bits per heavy atom. The molecule has 0 unspecified atom stereocenters. The van der Waals surface area contributed by atoms with Crippen LogP contribution >= 0.6 is 0 Å². The summed E-state index contributed by atoms with van der Waals surface area (Å²) in [7, 11) is 0. The molecule has 0 N–H and O–H groups in total. The van der Waals surface area contributed by atoms with E-state index in [-0.39, 0.29) is 0 Å². The highest BCUT2D eigenvalue weighted by molar-refractivity contribution is 4.86. The van der Waals surface area contributed by atoms with Crippen LogP contribution in [0.15, 0.2) is 0 Å². The second kappa shape index (κ2) is 5.86. The average molecular weight is 212 g/mol. The van der Waals surface area contributed by atoms with Crippen LogP contribution in [0.3, 0.4) is 0 Å². The van der Waals surface area contributed by atoms with Crippen molar-refractivity contribution < 1.29 is 0 Å². The SMILES string of the molecule is CCCN1CC[C@H]1CN(C(C)C)C(C)C. The summed E-state index contributed by atoms with van der Waals surface area (Å²) in [6, 6.07) is 2.18. The lowest BCUT2D eigenvalue weighted by molar-refractivity contribution is 0.0357. The van der Waals surface area contributed by atoms with Crippen LogP contribution in [0.25, 0.3) is 0 Å². The molecule has 1 aliphatic heterocycles. The van der Waals surface area contributed by atoms with Crippen molar-refractivity contribution in [2.75, 3.05) is 19.6 Å². The number of nitrogens with zero attached hydrogens (tertiary/aromatic N) is 2. The molecule has 15 heavy (non-hydrogen) atoms. The lowest BCUT2D eigenvalue weighted by atomic mass is 10.0. The molecule has 1 fully saturated rings. The van der Waals surface area contributed by atoms with Crippen LogP contribution in [-0.4, -0.2) is 47.6 Å². The first-order valence-electron chi connectivity index (χ1n) is 6.56. The van der Waals surface area contributed by atoms with E-state index in [9.17, 15) is 0 Å². The molecule has 1 rings (SSSR count). The van der Waals surface area contributed by atoms with E-state index in [2.05, 4.69) is 44.4 Å². The third kappa shape index (κ3) is 3.46. The number of hydrogen-bond donors (Lipinski definition) is 0. The highest BCUT2D eigenvalue weighted by Gasteiger charge is 2.29. The molecule has 0 aromatic rings. The highest BCUT2D eigenvalue weighted by atomic mass is 15.3. The van der Waals surface area contributed by atoms with E-state index >= 15 is 0 Å². The second-order valence-corrected chi connectivity index (χ2v) is 5.36. The van der Waals surface area contributed by atoms with Gasteiger partial charge in [0.15, 0.2) is 0 Å². The van der Waals surface area contributed by atoms with Crippen LogP contribution in [0.4, 0.5) is 0 Å². The number of rotatable bonds is 6. The predicted octanol–water partition coefficient (Wildman–Crippen LogP) is 2.59. The topological polar surface area (TPSA) is 6.48 Å². The molecule has 0 amide bonds. The monoisotopic (exact) mass is 212 g/mol. The van der Waals surface area contributed by atoms with Gasteiger partial charge in [0.25, 0.3) is 0 Å². The van der Waals surface area contributed by atoms with Gasteiger partial charge in [-0.05, 0) is 47.1 Å². The largest absolute Gasteiger partial charge is 0.299 e. The normalized spacial score (nSPS) is 22.8. The zero-order valence-corrected chi connectivity index (χ0v) is 11.2. The highest BCUT2D eigenvalue weighted by Crippen LogP contribution is 2.20. The predicted molar refractivity (Wildman–Crippen MR) is 67.2 cm³/mol. The Morgan fingerprint density at radius 2 is 1.80 bits per heavy atom. The van der Waals surface area contributed by atoms with Crippen LogP contribution in [0.1, 0.15) is 47.5 Å². The van der Waals surface area contributed by atoms with E-state index < -0.39 is 0 Å². The van der Waals surface area contributed by atoms with Gasteiger partial charge in [-0.15, -0.1) is 0 Å². The van der Waals surface area contributed by atoms with Crippen LogP contribution in [0.5, 0.6) is 0 Å². The molecule has 0 aromatic heterocycles. The fourth-order valence-corrected chi connectivity index (χ4v) is 2.54. The molecule has 0 radical (unpaired) electrons. The summed E-state index contributed by atoms with van der Waals surface area (Å²) in [5.41, 5.74) is 0. The van der Waals surface area contributed by atoms with Crippen molar-refractivity contribution in [2.24, 2.45) is 0 Å². The Kier molecular flexibility index (Phi) is 5.07. The van der Waals surface area contributed by atoms with Gasteiger partial charge in [-0.25, -0.2) is 0 Å². The molecule has 1 saturated heterocycles. The standard InChI is InChI=1S/C13H28N2/c1-6-8-14-9-7-13(14)10-15(11(2)3)12(4)5/h11-13H,6-10H2,1-5H3/t13-/m0/s1. The Labute approximate surface area is 95.6 Å². The van der Waals surface area contributed by atoms with Crippen molar-refractivity contribution in [1.82, 2.24) is 9.80 Å². The smallest absolute Gasteiger partial charge is 0.0235 e. The van der Waals surface area contributed by atoms with Gasteiger partial charge in [0.2, 0.25) is 0 Å². The van der Waals surface area contributed by atoms with E-state index in [0.29, 0.717) is 12.1 Å². The first kappa shape index (κ1) is 13.0. The van der Waals surface area contributed by atoms with Gasteiger partial charge in [0.1, 0.15) is 0 Å². The zero-order chi connectivity index (χ0) is 11.4. The van der Waals surface area contributed by atoms with Crippen molar-refractivity contribution >= 4 is 0 Å². The van der Waals surface area contributed by atoms with Gasteiger partial charge in [0, 0.05) is 31.2 Å². The molecular weight excluding hydrogens is 184 g/mol. The Morgan fingerprint density at radius 3 is 2.13 bits per heavy atom. The molecule has 1 atom stereocenters. The minimum Gasteiger partial charge on any atom is -0.299 e. The van der Waals surface area contributed by atoms with Gasteiger partial charge < -0.3 is 0 Å². The lowest BCUT2D eigenvalue weighted by Crippen LogP contribution is -2.55. The van der Waals surface area contributed by atoms with Crippen LogP contribution in [0.2, 0.25) is 0 Å². The number of hydrogen-bond acceptors (Lipinski definition) is 2. The molecule has 1 heterocycles. The first-order chi connectivity index (χ1) is 7.06. The molecule has 0 bridgehead atoms. The van der Waals surface area contributed by atoms with Crippen molar-refractivity contribution in [3.05, 3.63) is 0 Å². The van der Waals surface area contributed by atoms with E-state index in [1.807, 2.05) is 0 Å². The van der Waals surface area contributed by atoms with Gasteiger partial charge in [-0.1, -0.05) is 6.92 Å². The second-order valence-electron chi connectivity index (χ2n) is 5.36. The molecule has 0 aliphatic carbocycles. The van der Waals surface area contributed by atoms with E-state index in [0.717, 1.165) is 6.04 Å². The maximum Gasteiger partial charge on any atom is 0.0235 e. The molecule has 0 spiro atoms.